The molecular weight excluding hydrogens is 130 g/mol. The number of carbonyl (C=O) groups excluding carboxylic acids is 1. The molecule has 0 atom stereocenters. The highest BCUT2D eigenvalue weighted by Crippen LogP contribution is 2.01. The Kier molecular flexibility index (Phi) is 1.48. The van der Waals surface area contributed by atoms with E-state index in [4.69, 9.17) is 11.6 Å². The molecule has 0 aliphatic carbocycles. The Balaban J connectivity index is 2.57. The molecule has 0 spiro atoms. The first-order valence-electron chi connectivity index (χ1n) is 2.19. The highest BCUT2D eigenvalue weighted by Gasteiger charge is 2.13. The number of halogens is 1. The van der Waals surface area contributed by atoms with Gasteiger partial charge in [0.05, 0.1) is 0 Å². The third kappa shape index (κ3) is 0.980. The molecule has 0 amide bonds. The standard InChI is InChI=1S/C4H4ClNO2/c5-4(7)3-1-2-8-6-3/h1-2H2. The van der Waals surface area contributed by atoms with Crippen molar-refractivity contribution >= 4 is 22.6 Å². The van der Waals surface area contributed by atoms with E-state index in [1.807, 2.05) is 0 Å². The third-order valence-corrected chi connectivity index (χ3v) is 1.05. The highest BCUT2D eigenvalue weighted by atomic mass is 35.5. The van der Waals surface area contributed by atoms with Crippen molar-refractivity contribution in [2.45, 2.75) is 6.42 Å². The number of carbonyl (C=O) groups is 1. The van der Waals surface area contributed by atoms with Crippen LogP contribution in [0.25, 0.3) is 0 Å². The van der Waals surface area contributed by atoms with E-state index in [9.17, 15) is 4.79 Å². The number of hydrogen-bond donors (Lipinski definition) is 0. The van der Waals surface area contributed by atoms with Crippen LogP contribution in [-0.2, 0) is 9.63 Å². The van der Waals surface area contributed by atoms with Crippen LogP contribution in [0.15, 0.2) is 5.16 Å². The SMILES string of the molecule is O=C(Cl)C1=NOCC1. The summed E-state index contributed by atoms with van der Waals surface area (Å²) in [6.07, 6.45) is 0.544. The predicted molar refractivity (Wildman–Crippen MR) is 28.9 cm³/mol. The second kappa shape index (κ2) is 2.13. The van der Waals surface area contributed by atoms with Crippen molar-refractivity contribution in [3.8, 4) is 0 Å². The topological polar surface area (TPSA) is 38.7 Å². The Morgan fingerprint density at radius 2 is 2.62 bits per heavy atom. The van der Waals surface area contributed by atoms with Crippen molar-refractivity contribution in [2.24, 2.45) is 5.16 Å². The van der Waals surface area contributed by atoms with Gasteiger partial charge in [0, 0.05) is 6.42 Å². The van der Waals surface area contributed by atoms with Crippen molar-refractivity contribution < 1.29 is 9.63 Å². The van der Waals surface area contributed by atoms with E-state index in [2.05, 4.69) is 9.99 Å². The fourth-order valence-electron chi connectivity index (χ4n) is 0.446. The predicted octanol–water partition coefficient (Wildman–Crippen LogP) is 0.528. The molecule has 0 fully saturated rings. The lowest BCUT2D eigenvalue weighted by molar-refractivity contribution is -0.106. The van der Waals surface area contributed by atoms with Gasteiger partial charge in [-0.25, -0.2) is 0 Å². The Labute approximate surface area is 51.3 Å². The summed E-state index contributed by atoms with van der Waals surface area (Å²) in [7, 11) is 0. The lowest BCUT2D eigenvalue weighted by atomic mass is 10.3. The van der Waals surface area contributed by atoms with Gasteiger partial charge in [0.2, 0.25) is 0 Å². The first-order chi connectivity index (χ1) is 3.80. The number of oxime groups is 1. The average Bonchev–Trinajstić information content (AvgIpc) is 2.12. The van der Waals surface area contributed by atoms with E-state index >= 15 is 0 Å². The highest BCUT2D eigenvalue weighted by molar-refractivity contribution is 6.82. The fraction of sp³-hybridized carbons (Fsp3) is 0.500. The van der Waals surface area contributed by atoms with Gasteiger partial charge >= 0.3 is 0 Å². The van der Waals surface area contributed by atoms with Crippen LogP contribution in [0.5, 0.6) is 0 Å². The minimum Gasteiger partial charge on any atom is -0.395 e. The monoisotopic (exact) mass is 133 g/mol. The van der Waals surface area contributed by atoms with Crippen LogP contribution in [-0.4, -0.2) is 17.6 Å². The van der Waals surface area contributed by atoms with Gasteiger partial charge in [0.1, 0.15) is 12.3 Å². The summed E-state index contributed by atoms with van der Waals surface area (Å²) in [6.45, 7) is 0.480. The van der Waals surface area contributed by atoms with E-state index in [-0.39, 0.29) is 0 Å². The number of hydrogen-bond acceptors (Lipinski definition) is 3. The summed E-state index contributed by atoms with van der Waals surface area (Å²) >= 11 is 5.03. The van der Waals surface area contributed by atoms with Gasteiger partial charge in [-0.2, -0.15) is 0 Å². The molecule has 0 bridgehead atoms. The largest absolute Gasteiger partial charge is 0.395 e. The van der Waals surface area contributed by atoms with Gasteiger partial charge in [0.25, 0.3) is 5.24 Å². The van der Waals surface area contributed by atoms with Gasteiger partial charge in [-0.3, -0.25) is 4.79 Å². The zero-order valence-corrected chi connectivity index (χ0v) is 4.81. The number of nitrogens with zero attached hydrogens (tertiary/aromatic N) is 1. The van der Waals surface area contributed by atoms with Crippen LogP contribution in [0.1, 0.15) is 6.42 Å². The molecule has 0 saturated heterocycles. The van der Waals surface area contributed by atoms with E-state index in [1.165, 1.54) is 0 Å². The molecule has 0 N–H and O–H groups in total. The Hall–Kier alpha value is -0.570. The first-order valence-corrected chi connectivity index (χ1v) is 2.57. The lowest BCUT2D eigenvalue weighted by Crippen LogP contribution is -2.02. The van der Waals surface area contributed by atoms with Crippen molar-refractivity contribution in [1.82, 2.24) is 0 Å². The first kappa shape index (κ1) is 5.56. The number of rotatable bonds is 1. The van der Waals surface area contributed by atoms with Crippen molar-refractivity contribution in [1.29, 1.82) is 0 Å². The molecule has 0 radical (unpaired) electrons. The molecule has 1 rings (SSSR count). The molecule has 8 heavy (non-hydrogen) atoms. The molecule has 4 heteroatoms. The van der Waals surface area contributed by atoms with Crippen LogP contribution >= 0.6 is 11.6 Å². The van der Waals surface area contributed by atoms with Gasteiger partial charge in [-0.1, -0.05) is 5.16 Å². The van der Waals surface area contributed by atoms with E-state index in [0.29, 0.717) is 18.7 Å². The Bertz CT molecular complexity index is 143. The van der Waals surface area contributed by atoms with E-state index in [0.717, 1.165) is 0 Å². The van der Waals surface area contributed by atoms with E-state index in [1.54, 1.807) is 0 Å². The molecule has 3 nitrogen and oxygen atoms in total. The smallest absolute Gasteiger partial charge is 0.270 e. The summed E-state index contributed by atoms with van der Waals surface area (Å²) in [5, 5.41) is 2.86. The minimum atomic E-state index is -0.512. The summed E-state index contributed by atoms with van der Waals surface area (Å²) in [5.41, 5.74) is 0.326. The maximum atomic E-state index is 10.2. The van der Waals surface area contributed by atoms with Crippen molar-refractivity contribution in [3.63, 3.8) is 0 Å². The Morgan fingerprint density at radius 3 is 2.88 bits per heavy atom. The zero-order chi connectivity index (χ0) is 5.98. The van der Waals surface area contributed by atoms with Crippen LogP contribution in [0.4, 0.5) is 0 Å². The quantitative estimate of drug-likeness (QED) is 0.490. The summed E-state index contributed by atoms with van der Waals surface area (Å²) in [6, 6.07) is 0. The zero-order valence-electron chi connectivity index (χ0n) is 4.06. The molecule has 0 aromatic rings. The maximum absolute atomic E-state index is 10.2. The van der Waals surface area contributed by atoms with Crippen LogP contribution in [0, 0.1) is 0 Å². The molecule has 0 aromatic heterocycles. The second-order valence-corrected chi connectivity index (χ2v) is 1.74. The van der Waals surface area contributed by atoms with Crippen molar-refractivity contribution in [2.75, 3.05) is 6.61 Å². The fourth-order valence-corrected chi connectivity index (χ4v) is 0.575. The molecule has 1 heterocycles. The van der Waals surface area contributed by atoms with Crippen LogP contribution in [0.2, 0.25) is 0 Å². The van der Waals surface area contributed by atoms with Gasteiger partial charge < -0.3 is 4.84 Å². The van der Waals surface area contributed by atoms with Gasteiger partial charge in [0.15, 0.2) is 0 Å². The summed E-state index contributed by atoms with van der Waals surface area (Å²) < 4.78 is 0. The van der Waals surface area contributed by atoms with Crippen molar-refractivity contribution in [3.05, 3.63) is 0 Å². The molecule has 1 aliphatic rings. The molecule has 1 aliphatic heterocycles. The second-order valence-electron chi connectivity index (χ2n) is 1.39. The average molecular weight is 134 g/mol. The molecule has 0 saturated carbocycles. The maximum Gasteiger partial charge on any atom is 0.270 e. The summed E-state index contributed by atoms with van der Waals surface area (Å²) in [4.78, 5) is 14.7. The molecule has 0 unspecified atom stereocenters. The molecule has 0 aromatic carbocycles. The molecule has 44 valence electrons. The van der Waals surface area contributed by atoms with Crippen LogP contribution in [0.3, 0.4) is 0 Å². The summed E-state index contributed by atoms with van der Waals surface area (Å²) in [5.74, 6) is 0. The van der Waals surface area contributed by atoms with Gasteiger partial charge in [-0.15, -0.1) is 0 Å². The Morgan fingerprint density at radius 1 is 1.88 bits per heavy atom. The molecular formula is C4H4ClNO2. The third-order valence-electron chi connectivity index (χ3n) is 0.832. The normalized spacial score (nSPS) is 17.4. The van der Waals surface area contributed by atoms with E-state index < -0.39 is 5.24 Å². The lowest BCUT2D eigenvalue weighted by Gasteiger charge is -1.79. The van der Waals surface area contributed by atoms with Gasteiger partial charge in [-0.05, 0) is 11.6 Å². The van der Waals surface area contributed by atoms with Crippen LogP contribution < -0.4 is 0 Å². The minimum absolute atomic E-state index is 0.326.